The summed E-state index contributed by atoms with van der Waals surface area (Å²) in [6.07, 6.45) is 0. The first kappa shape index (κ1) is 12.3. The van der Waals surface area contributed by atoms with E-state index in [9.17, 15) is 0 Å². The topological polar surface area (TPSA) is 18.5 Å². The lowest BCUT2D eigenvalue weighted by atomic mass is 10.0. The van der Waals surface area contributed by atoms with Gasteiger partial charge < -0.3 is 15.1 Å². The van der Waals surface area contributed by atoms with E-state index in [4.69, 9.17) is 11.6 Å². The number of hydrogen-bond donors (Lipinski definition) is 1. The zero-order valence-electron chi connectivity index (χ0n) is 10.8. The fourth-order valence-corrected chi connectivity index (χ4v) is 3.46. The molecule has 0 saturated carbocycles. The molecule has 1 N–H and O–H groups in total. The van der Waals surface area contributed by atoms with E-state index in [1.807, 2.05) is 12.1 Å². The molecule has 0 spiro atoms. The summed E-state index contributed by atoms with van der Waals surface area (Å²) in [5.74, 6) is 0.553. The van der Waals surface area contributed by atoms with Crippen LogP contribution >= 0.6 is 11.6 Å². The molecule has 3 nitrogen and oxygen atoms in total. The minimum absolute atomic E-state index is 0.553. The number of nitrogens with zero attached hydrogens (tertiary/aromatic N) is 2. The van der Waals surface area contributed by atoms with E-state index in [0.29, 0.717) is 5.92 Å². The Balaban J connectivity index is 1.79. The highest BCUT2D eigenvalue weighted by molar-refractivity contribution is 6.32. The van der Waals surface area contributed by atoms with Gasteiger partial charge in [0.1, 0.15) is 0 Å². The van der Waals surface area contributed by atoms with E-state index in [1.165, 1.54) is 11.3 Å². The van der Waals surface area contributed by atoms with Crippen molar-refractivity contribution in [2.75, 3.05) is 51.2 Å². The maximum atomic E-state index is 6.39. The second kappa shape index (κ2) is 5.08. The average molecular weight is 266 g/mol. The first-order valence-electron chi connectivity index (χ1n) is 6.68. The van der Waals surface area contributed by atoms with Crippen LogP contribution in [0.1, 0.15) is 11.5 Å². The molecule has 2 heterocycles. The van der Waals surface area contributed by atoms with Crippen molar-refractivity contribution in [1.29, 1.82) is 0 Å². The number of fused-ring (bicyclic) bond motifs is 1. The zero-order chi connectivity index (χ0) is 12.5. The Bertz CT molecular complexity index is 429. The van der Waals surface area contributed by atoms with Crippen molar-refractivity contribution >= 4 is 17.3 Å². The molecule has 0 bridgehead atoms. The fourth-order valence-electron chi connectivity index (χ4n) is 3.14. The highest BCUT2D eigenvalue weighted by Gasteiger charge is 2.30. The summed E-state index contributed by atoms with van der Waals surface area (Å²) in [4.78, 5) is 4.88. The molecular formula is C14H20ClN3. The van der Waals surface area contributed by atoms with Gasteiger partial charge in [0.25, 0.3) is 0 Å². The molecule has 1 fully saturated rings. The number of halogens is 1. The summed E-state index contributed by atoms with van der Waals surface area (Å²) >= 11 is 6.39. The number of hydrogen-bond acceptors (Lipinski definition) is 3. The van der Waals surface area contributed by atoms with Crippen LogP contribution in [0.2, 0.25) is 5.02 Å². The van der Waals surface area contributed by atoms with Crippen LogP contribution in [0.15, 0.2) is 18.2 Å². The lowest BCUT2D eigenvalue weighted by molar-refractivity contribution is 0.230. The number of nitrogens with one attached hydrogen (secondary N) is 1. The SMILES string of the molecule is CN1CC(CN2CCNCC2)c2c(Cl)cccc21. The van der Waals surface area contributed by atoms with Gasteiger partial charge in [0, 0.05) is 68.5 Å². The maximum Gasteiger partial charge on any atom is 0.0462 e. The van der Waals surface area contributed by atoms with Gasteiger partial charge in [0.2, 0.25) is 0 Å². The Labute approximate surface area is 114 Å². The molecule has 0 aromatic heterocycles. The molecule has 0 amide bonds. The summed E-state index contributed by atoms with van der Waals surface area (Å²) in [7, 11) is 2.16. The third-order valence-electron chi connectivity index (χ3n) is 4.03. The standard InChI is InChI=1S/C14H20ClN3/c1-17-9-11(10-18-7-5-16-6-8-18)14-12(15)3-2-4-13(14)17/h2-4,11,16H,5-10H2,1H3. The van der Waals surface area contributed by atoms with Crippen molar-refractivity contribution in [3.05, 3.63) is 28.8 Å². The van der Waals surface area contributed by atoms with E-state index < -0.39 is 0 Å². The first-order valence-corrected chi connectivity index (χ1v) is 7.06. The van der Waals surface area contributed by atoms with Crippen molar-refractivity contribution in [3.8, 4) is 0 Å². The van der Waals surface area contributed by atoms with Crippen LogP contribution in [-0.4, -0.2) is 51.2 Å². The Kier molecular flexibility index (Phi) is 3.46. The Morgan fingerprint density at radius 3 is 2.89 bits per heavy atom. The number of benzene rings is 1. The van der Waals surface area contributed by atoms with E-state index in [2.05, 4.69) is 28.2 Å². The minimum Gasteiger partial charge on any atom is -0.374 e. The van der Waals surface area contributed by atoms with Crippen molar-refractivity contribution < 1.29 is 0 Å². The fraction of sp³-hybridized carbons (Fsp3) is 0.571. The quantitative estimate of drug-likeness (QED) is 0.880. The number of anilines is 1. The molecule has 0 aliphatic carbocycles. The molecule has 1 aromatic carbocycles. The Morgan fingerprint density at radius 2 is 2.11 bits per heavy atom. The van der Waals surface area contributed by atoms with Gasteiger partial charge in [-0.3, -0.25) is 0 Å². The smallest absolute Gasteiger partial charge is 0.0462 e. The molecule has 2 aliphatic rings. The molecule has 1 saturated heterocycles. The Hall–Kier alpha value is -0.770. The van der Waals surface area contributed by atoms with Crippen LogP contribution in [-0.2, 0) is 0 Å². The molecule has 1 atom stereocenters. The van der Waals surface area contributed by atoms with Crippen LogP contribution in [0.5, 0.6) is 0 Å². The van der Waals surface area contributed by atoms with Gasteiger partial charge in [-0.05, 0) is 12.1 Å². The minimum atomic E-state index is 0.553. The van der Waals surface area contributed by atoms with E-state index in [0.717, 1.165) is 44.3 Å². The van der Waals surface area contributed by atoms with Crippen molar-refractivity contribution in [1.82, 2.24) is 10.2 Å². The first-order chi connectivity index (χ1) is 8.75. The normalized spacial score (nSPS) is 24.3. The second-order valence-electron chi connectivity index (χ2n) is 5.30. The van der Waals surface area contributed by atoms with Crippen LogP contribution in [0.4, 0.5) is 5.69 Å². The zero-order valence-corrected chi connectivity index (χ0v) is 11.6. The van der Waals surface area contributed by atoms with Crippen molar-refractivity contribution in [2.45, 2.75) is 5.92 Å². The van der Waals surface area contributed by atoms with Crippen LogP contribution in [0.25, 0.3) is 0 Å². The summed E-state index contributed by atoms with van der Waals surface area (Å²) < 4.78 is 0. The lowest BCUT2D eigenvalue weighted by Gasteiger charge is -2.29. The van der Waals surface area contributed by atoms with Crippen molar-refractivity contribution in [2.24, 2.45) is 0 Å². The third kappa shape index (κ3) is 2.22. The number of piperazine rings is 1. The van der Waals surface area contributed by atoms with Crippen LogP contribution < -0.4 is 10.2 Å². The molecule has 4 heteroatoms. The number of rotatable bonds is 2. The van der Waals surface area contributed by atoms with Gasteiger partial charge >= 0.3 is 0 Å². The molecule has 0 radical (unpaired) electrons. The van der Waals surface area contributed by atoms with E-state index in [-0.39, 0.29) is 0 Å². The predicted molar refractivity (Wildman–Crippen MR) is 76.8 cm³/mol. The summed E-state index contributed by atoms with van der Waals surface area (Å²) in [5.41, 5.74) is 2.66. The van der Waals surface area contributed by atoms with Gasteiger partial charge in [0.15, 0.2) is 0 Å². The van der Waals surface area contributed by atoms with Gasteiger partial charge in [-0.2, -0.15) is 0 Å². The molecule has 2 aliphatic heterocycles. The Morgan fingerprint density at radius 1 is 1.33 bits per heavy atom. The second-order valence-corrected chi connectivity index (χ2v) is 5.71. The highest BCUT2D eigenvalue weighted by Crippen LogP contribution is 2.40. The molecule has 3 rings (SSSR count). The molecule has 98 valence electrons. The molecule has 1 aromatic rings. The molecule has 1 unspecified atom stereocenters. The lowest BCUT2D eigenvalue weighted by Crippen LogP contribution is -2.45. The van der Waals surface area contributed by atoms with Gasteiger partial charge in [-0.15, -0.1) is 0 Å². The monoisotopic (exact) mass is 265 g/mol. The van der Waals surface area contributed by atoms with Gasteiger partial charge in [0.05, 0.1) is 0 Å². The van der Waals surface area contributed by atoms with E-state index in [1.54, 1.807) is 0 Å². The van der Waals surface area contributed by atoms with Crippen molar-refractivity contribution in [3.63, 3.8) is 0 Å². The molecular weight excluding hydrogens is 246 g/mol. The largest absolute Gasteiger partial charge is 0.374 e. The van der Waals surface area contributed by atoms with Gasteiger partial charge in [-0.1, -0.05) is 17.7 Å². The summed E-state index contributed by atoms with van der Waals surface area (Å²) in [5, 5.41) is 4.33. The summed E-state index contributed by atoms with van der Waals surface area (Å²) in [6.45, 7) is 6.74. The summed E-state index contributed by atoms with van der Waals surface area (Å²) in [6, 6.07) is 6.24. The van der Waals surface area contributed by atoms with Gasteiger partial charge in [-0.25, -0.2) is 0 Å². The molecule has 18 heavy (non-hydrogen) atoms. The predicted octanol–water partition coefficient (Wildman–Crippen LogP) is 1.78. The van der Waals surface area contributed by atoms with Crippen LogP contribution in [0, 0.1) is 0 Å². The van der Waals surface area contributed by atoms with Crippen LogP contribution in [0.3, 0.4) is 0 Å². The highest BCUT2D eigenvalue weighted by atomic mass is 35.5. The number of likely N-dealkylation sites (N-methyl/N-ethyl adjacent to an activating group) is 1. The third-order valence-corrected chi connectivity index (χ3v) is 4.36. The average Bonchev–Trinajstić information content (AvgIpc) is 2.69. The van der Waals surface area contributed by atoms with E-state index >= 15 is 0 Å². The maximum absolute atomic E-state index is 6.39.